The van der Waals surface area contributed by atoms with Gasteiger partial charge in [-0.3, -0.25) is 0 Å². The lowest BCUT2D eigenvalue weighted by molar-refractivity contribution is -0.565. The summed E-state index contributed by atoms with van der Waals surface area (Å²) in [5.74, 6) is 59.9. The predicted molar refractivity (Wildman–Crippen MR) is 419 cm³/mol. The van der Waals surface area contributed by atoms with Crippen molar-refractivity contribution in [3.05, 3.63) is 0 Å². The van der Waals surface area contributed by atoms with Crippen LogP contribution >= 0.6 is 0 Å². The Kier molecular flexibility index (Phi) is 15.9. The van der Waals surface area contributed by atoms with Crippen LogP contribution in [0, 0.1) is 289 Å². The fraction of sp³-hybridized carbons (Fsp3) is 1.00. The number of rotatable bonds is 0. The Bertz CT molecular complexity index is 2700. The molecular formula is C103H156. The summed E-state index contributed by atoms with van der Waals surface area (Å²) in [6.07, 6.45) is 85.5. The van der Waals surface area contributed by atoms with Crippen LogP contribution in [-0.2, 0) is 0 Å². The Morgan fingerprint density at radius 1 is 0.136 bits per heavy atom. The lowest BCUT2D eigenvalue weighted by Gasteiger charge is -3.03. The van der Waals surface area contributed by atoms with Crippen molar-refractivity contribution in [3.8, 4) is 0 Å². The molecule has 28 bridgehead atoms. The third kappa shape index (κ3) is 10.3. The number of fused-ring (bicyclic) bond motifs is 15. The average Bonchev–Trinajstić information content (AvgIpc) is 1.37. The minimum Gasteiger partial charge on any atom is -0.0533 e. The first-order chi connectivity index (χ1) is 51.0. The van der Waals surface area contributed by atoms with Gasteiger partial charge in [0.1, 0.15) is 0 Å². The third-order valence-corrected chi connectivity index (χ3v) is 46.7. The van der Waals surface area contributed by atoms with E-state index in [0.717, 1.165) is 11.3 Å². The van der Waals surface area contributed by atoms with Gasteiger partial charge in [-0.1, -0.05) is 116 Å². The minimum absolute atomic E-state index is 0.906. The quantitative estimate of drug-likeness (QED) is 0.212. The Balaban J connectivity index is 0.0000000647. The summed E-state index contributed by atoms with van der Waals surface area (Å²) >= 11 is 0. The van der Waals surface area contributed by atoms with Crippen LogP contribution < -0.4 is 0 Å². The van der Waals surface area contributed by atoms with Gasteiger partial charge in [0, 0.05) is 0 Å². The van der Waals surface area contributed by atoms with Gasteiger partial charge in [0.25, 0.3) is 0 Å². The molecule has 0 heterocycles. The Morgan fingerprint density at radius 3 is 0.845 bits per heavy atom. The smallest absolute Gasteiger partial charge is 0.0266 e. The van der Waals surface area contributed by atoms with E-state index >= 15 is 0 Å². The fourth-order valence-electron chi connectivity index (χ4n) is 43.6. The maximum Gasteiger partial charge on any atom is -0.0266 e. The van der Waals surface area contributed by atoms with E-state index in [-0.39, 0.29) is 0 Å². The summed E-state index contributed by atoms with van der Waals surface area (Å²) in [5.41, 5.74) is 0.906. The summed E-state index contributed by atoms with van der Waals surface area (Å²) < 4.78 is 0. The molecule has 0 aliphatic heterocycles. The first-order valence-electron chi connectivity index (χ1n) is 51.0. The maximum atomic E-state index is 1.68. The van der Waals surface area contributed by atoms with E-state index < -0.39 is 0 Å². The summed E-state index contributed by atoms with van der Waals surface area (Å²) in [5, 5.41) is 0. The highest BCUT2D eigenvalue weighted by atomic mass is 15.0. The zero-order valence-corrected chi connectivity index (χ0v) is 66.4. The van der Waals surface area contributed by atoms with Gasteiger partial charge in [0.2, 0.25) is 0 Å². The van der Waals surface area contributed by atoms with Crippen molar-refractivity contribution < 1.29 is 0 Å². The van der Waals surface area contributed by atoms with E-state index in [0.29, 0.717) is 0 Å². The molecule has 43 aliphatic rings. The van der Waals surface area contributed by atoms with Crippen molar-refractivity contribution in [2.75, 3.05) is 0 Å². The molecule has 0 radical (unpaired) electrons. The molecule has 0 N–H and O–H groups in total. The maximum absolute atomic E-state index is 1.68. The van der Waals surface area contributed by atoms with Crippen LogP contribution in [-0.4, -0.2) is 0 Å². The molecule has 0 aromatic heterocycles. The van der Waals surface area contributed by atoms with Gasteiger partial charge in [0.15, 0.2) is 0 Å². The van der Waals surface area contributed by atoms with Gasteiger partial charge < -0.3 is 0 Å². The van der Waals surface area contributed by atoms with E-state index in [1.54, 1.807) is 276 Å². The Hall–Kier alpha value is 0. The molecule has 43 rings (SSSR count). The van der Waals surface area contributed by atoms with Crippen LogP contribution in [0.3, 0.4) is 0 Å². The monoisotopic (exact) mass is 1390 g/mol. The zero-order chi connectivity index (χ0) is 66.4. The van der Waals surface area contributed by atoms with Crippen LogP contribution in [0.15, 0.2) is 0 Å². The average molecular weight is 1390 g/mol. The van der Waals surface area contributed by atoms with Crippen molar-refractivity contribution in [1.29, 1.82) is 0 Å². The number of hydrogen-bond donors (Lipinski definition) is 0. The molecule has 0 aromatic rings. The molecule has 568 valence electrons. The van der Waals surface area contributed by atoms with Crippen molar-refractivity contribution in [3.63, 3.8) is 0 Å². The lowest BCUT2D eigenvalue weighted by atomic mass is 9.01. The van der Waals surface area contributed by atoms with Crippen LogP contribution in [0.1, 0.15) is 347 Å². The second-order valence-corrected chi connectivity index (χ2v) is 49.6. The second-order valence-electron chi connectivity index (χ2n) is 49.6. The molecule has 0 nitrogen and oxygen atoms in total. The molecule has 1 spiro atoms. The molecular weight excluding hydrogens is 1240 g/mol. The van der Waals surface area contributed by atoms with E-state index in [2.05, 4.69) is 0 Å². The van der Waals surface area contributed by atoms with Crippen LogP contribution in [0.5, 0.6) is 0 Å². The van der Waals surface area contributed by atoms with E-state index in [1.807, 2.05) is 0 Å². The molecule has 0 aromatic carbocycles. The summed E-state index contributed by atoms with van der Waals surface area (Å²) in [6, 6.07) is 0. The normalized spacial score (nSPS) is 64.8. The summed E-state index contributed by atoms with van der Waals surface area (Å²) in [4.78, 5) is 0. The number of hydrogen-bond acceptors (Lipinski definition) is 0. The van der Waals surface area contributed by atoms with Gasteiger partial charge in [-0.05, 0) is 521 Å². The molecule has 0 saturated heterocycles. The SMILES string of the molecule is C12C3C4C1C1C2C3C41.C1C2C3CC4C5CC3C1C5C24.C1C2CC3C1C3C2.C1C2CC3CC1CC(C2)C3.C1C2CC3CC1CC3C2.C1CC2C3C(C1)C23.C1CC2C3C1C23.C1CC2CC1C1C3CCC(C3)C21.C1CC2CC3CCCC3(C1)C2.C1CCC2C3CCC2C(C1)C3.C1CCCC1.C1CCCCC1. The van der Waals surface area contributed by atoms with Gasteiger partial charge in [-0.15, -0.1) is 0 Å². The van der Waals surface area contributed by atoms with Gasteiger partial charge >= 0.3 is 0 Å². The van der Waals surface area contributed by atoms with E-state index in [1.165, 1.54) is 349 Å². The van der Waals surface area contributed by atoms with Crippen molar-refractivity contribution in [2.24, 2.45) is 289 Å². The van der Waals surface area contributed by atoms with Crippen LogP contribution in [0.25, 0.3) is 0 Å². The van der Waals surface area contributed by atoms with Gasteiger partial charge in [-0.25, -0.2) is 0 Å². The van der Waals surface area contributed by atoms with E-state index in [4.69, 9.17) is 0 Å². The predicted octanol–water partition coefficient (Wildman–Crippen LogP) is 27.0. The van der Waals surface area contributed by atoms with Gasteiger partial charge in [0.05, 0.1) is 0 Å². The Morgan fingerprint density at radius 2 is 0.447 bits per heavy atom. The summed E-state index contributed by atoms with van der Waals surface area (Å²) in [7, 11) is 0. The lowest BCUT2D eigenvalue weighted by Crippen LogP contribution is -3.00. The molecule has 43 fully saturated rings. The second kappa shape index (κ2) is 25.0. The molecule has 19 atom stereocenters. The standard InChI is InChI=1S/C12H18.C11H14.2C11H18.C10H16.C9H14.C8H8.2C7H10.C6H8.C6H12.C5H10/c1-2-8-5-7(1)11-9-3-4-10(6-9)12(8)11;1-4-5-2-9-8(1)10-6(4)3-7(5)11(9)10;1-3-9-7-10-4-2-6-11(10,5-1)8-9;1-2-4-10-9-5-6-11(10)8(3-1)7-9;1-7-2-9-4-8(1)5-10(3-7)6-9;1-6-2-8-4-7(1)5-9(8)3-6;1-2-5-3(1)7-4(1)6(2)8(5)7;1-4-2-6-5(1)7(6)3-4;1-2-4-6-5(3-1)7(4)6;1-2-4-5-3(1)6(4)5;1-2-4-6-5-3-1;1-2-4-5-3-1/h7-12H,1-6H2;4-11H,1-3H2;9-10H,1-8H2;8-11H,1-7H2;7-10H,1-6H2;6-9H,1-5H2;1-8H;2*4-7H,1-3H2;3-6H,1-2H2;1-6H2;1-5H2. The highest BCUT2D eigenvalue weighted by Crippen LogP contribution is 3.01. The van der Waals surface area contributed by atoms with Crippen LogP contribution in [0.4, 0.5) is 0 Å². The molecule has 43 saturated carbocycles. The highest BCUT2D eigenvalue weighted by Gasteiger charge is 2.98. The molecule has 0 amide bonds. The van der Waals surface area contributed by atoms with Crippen LogP contribution in [0.2, 0.25) is 0 Å². The zero-order valence-electron chi connectivity index (χ0n) is 66.4. The third-order valence-electron chi connectivity index (χ3n) is 46.7. The highest BCUT2D eigenvalue weighted by molar-refractivity contribution is 5.44. The molecule has 0 heteroatoms. The molecule has 103 heavy (non-hydrogen) atoms. The fourth-order valence-corrected chi connectivity index (χ4v) is 43.6. The Labute approximate surface area is 632 Å². The first-order valence-corrected chi connectivity index (χ1v) is 51.0. The van der Waals surface area contributed by atoms with E-state index in [9.17, 15) is 0 Å². The minimum atomic E-state index is 0.906. The van der Waals surface area contributed by atoms with Gasteiger partial charge in [-0.2, -0.15) is 0 Å². The first kappa shape index (κ1) is 65.4. The molecule has 19 unspecified atom stereocenters. The topological polar surface area (TPSA) is 0 Å². The van der Waals surface area contributed by atoms with Crippen molar-refractivity contribution >= 4 is 0 Å². The van der Waals surface area contributed by atoms with Crippen molar-refractivity contribution in [1.82, 2.24) is 0 Å². The van der Waals surface area contributed by atoms with Crippen molar-refractivity contribution in [2.45, 2.75) is 347 Å². The largest absolute Gasteiger partial charge is 0.0533 e. The summed E-state index contributed by atoms with van der Waals surface area (Å²) in [6.45, 7) is 0. The molecule has 43 aliphatic carbocycles.